The number of rotatable bonds is 5. The van der Waals surface area contributed by atoms with Gasteiger partial charge < -0.3 is 0 Å². The van der Waals surface area contributed by atoms with Gasteiger partial charge in [0.2, 0.25) is 0 Å². The molecule has 1 unspecified atom stereocenters. The van der Waals surface area contributed by atoms with Gasteiger partial charge in [-0.05, 0) is 48.5 Å². The molecule has 0 radical (unpaired) electrons. The molecule has 0 fully saturated rings. The Morgan fingerprint density at radius 2 is 2.00 bits per heavy atom. The Morgan fingerprint density at radius 3 is 2.47 bits per heavy atom. The Morgan fingerprint density at radius 1 is 1.33 bits per heavy atom. The second-order valence-corrected chi connectivity index (χ2v) is 5.67. The molecule has 0 N–H and O–H groups in total. The first-order chi connectivity index (χ1) is 7.06. The van der Waals surface area contributed by atoms with Gasteiger partial charge in [-0.25, -0.2) is 0 Å². The van der Waals surface area contributed by atoms with E-state index < -0.39 is 0 Å². The number of aromatic nitrogens is 2. The van der Waals surface area contributed by atoms with E-state index >= 15 is 0 Å². The van der Waals surface area contributed by atoms with Crippen molar-refractivity contribution < 1.29 is 0 Å². The van der Waals surface area contributed by atoms with E-state index in [9.17, 15) is 0 Å². The van der Waals surface area contributed by atoms with Crippen molar-refractivity contribution >= 4 is 31.9 Å². The lowest BCUT2D eigenvalue weighted by Gasteiger charge is -2.10. The van der Waals surface area contributed by atoms with E-state index in [2.05, 4.69) is 55.5 Å². The second kappa shape index (κ2) is 6.04. The monoisotopic (exact) mass is 336 g/mol. The minimum atomic E-state index is 0.757. The van der Waals surface area contributed by atoms with Gasteiger partial charge in [0.25, 0.3) is 0 Å². The van der Waals surface area contributed by atoms with Crippen LogP contribution < -0.4 is 0 Å². The van der Waals surface area contributed by atoms with Gasteiger partial charge in [0, 0.05) is 17.6 Å². The van der Waals surface area contributed by atoms with Crippen molar-refractivity contribution in [3.05, 3.63) is 15.9 Å². The maximum Gasteiger partial charge on any atom is 0.0738 e. The molecule has 0 aliphatic heterocycles. The molecule has 4 heteroatoms. The Balaban J connectivity index is 2.54. The third kappa shape index (κ3) is 3.59. The second-order valence-electron chi connectivity index (χ2n) is 4.08. The first-order valence-electron chi connectivity index (χ1n) is 5.31. The van der Waals surface area contributed by atoms with Crippen LogP contribution in [0.3, 0.4) is 0 Å². The number of hydrogen-bond acceptors (Lipinski definition) is 1. The molecule has 2 nitrogen and oxygen atoms in total. The zero-order chi connectivity index (χ0) is 11.4. The summed E-state index contributed by atoms with van der Waals surface area (Å²) in [5.41, 5.74) is 2.32. The van der Waals surface area contributed by atoms with Gasteiger partial charge in [0.15, 0.2) is 0 Å². The van der Waals surface area contributed by atoms with Gasteiger partial charge in [0.05, 0.1) is 10.2 Å². The lowest BCUT2D eigenvalue weighted by atomic mass is 10.1. The average Bonchev–Trinajstić information content (AvgIpc) is 2.43. The van der Waals surface area contributed by atoms with Crippen molar-refractivity contribution in [3.63, 3.8) is 0 Å². The molecule has 1 aromatic heterocycles. The van der Waals surface area contributed by atoms with Crippen molar-refractivity contribution in [1.29, 1.82) is 0 Å². The Labute approximate surface area is 109 Å². The first kappa shape index (κ1) is 13.2. The Hall–Kier alpha value is 0.170. The van der Waals surface area contributed by atoms with E-state index in [-0.39, 0.29) is 0 Å². The SMILES string of the molecule is Cc1nn(CCC(C)CCBr)c(C)c1Br. The molecule has 1 atom stereocenters. The van der Waals surface area contributed by atoms with Crippen LogP contribution in [-0.2, 0) is 6.54 Å². The molecule has 1 heterocycles. The standard InChI is InChI=1S/C11H18Br2N2/c1-8(4-6-12)5-7-15-10(3)11(13)9(2)14-15/h8H,4-7H2,1-3H3. The third-order valence-electron chi connectivity index (χ3n) is 2.73. The summed E-state index contributed by atoms with van der Waals surface area (Å²) in [4.78, 5) is 0. The van der Waals surface area contributed by atoms with Gasteiger partial charge in [-0.15, -0.1) is 0 Å². The van der Waals surface area contributed by atoms with Crippen molar-refractivity contribution in [1.82, 2.24) is 9.78 Å². The summed E-state index contributed by atoms with van der Waals surface area (Å²) in [5.74, 6) is 0.757. The third-order valence-corrected chi connectivity index (χ3v) is 4.33. The van der Waals surface area contributed by atoms with Crippen LogP contribution in [0.2, 0.25) is 0 Å². The fraction of sp³-hybridized carbons (Fsp3) is 0.727. The lowest BCUT2D eigenvalue weighted by Crippen LogP contribution is -2.07. The van der Waals surface area contributed by atoms with Crippen LogP contribution in [0.15, 0.2) is 4.47 Å². The molecule has 0 saturated heterocycles. The van der Waals surface area contributed by atoms with E-state index in [1.54, 1.807) is 0 Å². The van der Waals surface area contributed by atoms with E-state index in [4.69, 9.17) is 0 Å². The smallest absolute Gasteiger partial charge is 0.0738 e. The maximum absolute atomic E-state index is 4.50. The summed E-state index contributed by atoms with van der Waals surface area (Å²) in [6.07, 6.45) is 2.43. The maximum atomic E-state index is 4.50. The molecule has 0 amide bonds. The van der Waals surface area contributed by atoms with Crippen LogP contribution in [0, 0.1) is 19.8 Å². The van der Waals surface area contributed by atoms with E-state index in [0.29, 0.717) is 0 Å². The van der Waals surface area contributed by atoms with E-state index in [1.165, 1.54) is 18.5 Å². The summed E-state index contributed by atoms with van der Waals surface area (Å²) in [6, 6.07) is 0. The zero-order valence-corrected chi connectivity index (χ0v) is 12.7. The van der Waals surface area contributed by atoms with Gasteiger partial charge in [-0.3, -0.25) is 4.68 Å². The highest BCUT2D eigenvalue weighted by molar-refractivity contribution is 9.10. The van der Waals surface area contributed by atoms with Crippen molar-refractivity contribution in [2.75, 3.05) is 5.33 Å². The van der Waals surface area contributed by atoms with Crippen LogP contribution in [0.1, 0.15) is 31.2 Å². The van der Waals surface area contributed by atoms with Crippen LogP contribution in [-0.4, -0.2) is 15.1 Å². The molecular formula is C11H18Br2N2. The molecule has 0 spiro atoms. The van der Waals surface area contributed by atoms with Gasteiger partial charge in [-0.1, -0.05) is 22.9 Å². The predicted octanol–water partition coefficient (Wildman–Crippen LogP) is 4.07. The van der Waals surface area contributed by atoms with Crippen molar-refractivity contribution in [2.24, 2.45) is 5.92 Å². The van der Waals surface area contributed by atoms with Crippen molar-refractivity contribution in [3.8, 4) is 0 Å². The van der Waals surface area contributed by atoms with Crippen LogP contribution in [0.25, 0.3) is 0 Å². The number of alkyl halides is 1. The minimum absolute atomic E-state index is 0.757. The fourth-order valence-electron chi connectivity index (χ4n) is 1.57. The Kier molecular flexibility index (Phi) is 5.33. The largest absolute Gasteiger partial charge is 0.268 e. The van der Waals surface area contributed by atoms with E-state index in [1.807, 2.05) is 6.92 Å². The topological polar surface area (TPSA) is 17.8 Å². The predicted molar refractivity (Wildman–Crippen MR) is 71.6 cm³/mol. The highest BCUT2D eigenvalue weighted by atomic mass is 79.9. The summed E-state index contributed by atoms with van der Waals surface area (Å²) >= 11 is 7.02. The normalized spacial score (nSPS) is 13.1. The van der Waals surface area contributed by atoms with E-state index in [0.717, 1.165) is 28.0 Å². The molecule has 0 aromatic carbocycles. The highest BCUT2D eigenvalue weighted by Gasteiger charge is 2.09. The van der Waals surface area contributed by atoms with Crippen LogP contribution in [0.5, 0.6) is 0 Å². The average molecular weight is 338 g/mol. The molecule has 15 heavy (non-hydrogen) atoms. The van der Waals surface area contributed by atoms with Crippen LogP contribution >= 0.6 is 31.9 Å². The van der Waals surface area contributed by atoms with Gasteiger partial charge in [0.1, 0.15) is 0 Å². The molecule has 1 aromatic rings. The van der Waals surface area contributed by atoms with Gasteiger partial charge in [-0.2, -0.15) is 5.10 Å². The molecule has 1 rings (SSSR count). The number of nitrogens with zero attached hydrogens (tertiary/aromatic N) is 2. The fourth-order valence-corrected chi connectivity index (χ4v) is 2.63. The highest BCUT2D eigenvalue weighted by Crippen LogP contribution is 2.20. The summed E-state index contributed by atoms with van der Waals surface area (Å²) in [5, 5.41) is 5.59. The van der Waals surface area contributed by atoms with Crippen molar-refractivity contribution in [2.45, 2.75) is 40.2 Å². The number of halogens is 2. The number of aryl methyl sites for hydroxylation is 2. The molecule has 86 valence electrons. The first-order valence-corrected chi connectivity index (χ1v) is 7.23. The summed E-state index contributed by atoms with van der Waals surface area (Å²) < 4.78 is 3.25. The van der Waals surface area contributed by atoms with Crippen LogP contribution in [0.4, 0.5) is 0 Å². The molecule has 0 aliphatic carbocycles. The lowest BCUT2D eigenvalue weighted by molar-refractivity contribution is 0.446. The van der Waals surface area contributed by atoms with Gasteiger partial charge >= 0.3 is 0 Å². The molecule has 0 saturated carbocycles. The Bertz CT molecular complexity index is 321. The molecular weight excluding hydrogens is 320 g/mol. The minimum Gasteiger partial charge on any atom is -0.268 e. The molecule has 0 bridgehead atoms. The summed E-state index contributed by atoms with van der Waals surface area (Å²) in [6.45, 7) is 7.46. The quantitative estimate of drug-likeness (QED) is 0.740. The zero-order valence-electron chi connectivity index (χ0n) is 9.56. The molecule has 0 aliphatic rings. The summed E-state index contributed by atoms with van der Waals surface area (Å²) in [7, 11) is 0. The number of hydrogen-bond donors (Lipinski definition) is 0.